The molecule has 16 heavy (non-hydrogen) atoms. The minimum atomic E-state index is -0.387. The molecule has 0 spiro atoms. The normalized spacial score (nSPS) is 18.2. The van der Waals surface area contributed by atoms with Crippen molar-refractivity contribution in [3.63, 3.8) is 0 Å². The third-order valence-electron chi connectivity index (χ3n) is 3.11. The van der Waals surface area contributed by atoms with Gasteiger partial charge in [0.25, 0.3) is 0 Å². The Morgan fingerprint density at radius 3 is 3.12 bits per heavy atom. The van der Waals surface area contributed by atoms with Gasteiger partial charge in [0.1, 0.15) is 0 Å². The number of fused-ring (bicyclic) bond motifs is 1. The van der Waals surface area contributed by atoms with E-state index in [1.165, 1.54) is 0 Å². The molecular weight excluding hydrogens is 200 g/mol. The molecule has 1 unspecified atom stereocenters. The van der Waals surface area contributed by atoms with Gasteiger partial charge >= 0.3 is 0 Å². The van der Waals surface area contributed by atoms with Crippen LogP contribution in [0.5, 0.6) is 0 Å². The SMILES string of the molecule is C=CCCC(=O)c1cccc2c1CCC2O. The van der Waals surface area contributed by atoms with Gasteiger partial charge in [-0.15, -0.1) is 6.58 Å². The number of hydrogen-bond donors (Lipinski definition) is 1. The average Bonchev–Trinajstić information content (AvgIpc) is 2.68. The van der Waals surface area contributed by atoms with Gasteiger partial charge in [0.15, 0.2) is 5.78 Å². The number of rotatable bonds is 4. The van der Waals surface area contributed by atoms with Crippen molar-refractivity contribution in [2.75, 3.05) is 0 Å². The highest BCUT2D eigenvalue weighted by Crippen LogP contribution is 2.33. The first kappa shape index (κ1) is 11.1. The number of ketones is 1. The second-order valence-corrected chi connectivity index (χ2v) is 4.18. The minimum Gasteiger partial charge on any atom is -0.388 e. The molecule has 1 aromatic carbocycles. The fourth-order valence-corrected chi connectivity index (χ4v) is 2.26. The lowest BCUT2D eigenvalue weighted by atomic mass is 9.97. The van der Waals surface area contributed by atoms with Crippen molar-refractivity contribution in [2.24, 2.45) is 0 Å². The maximum atomic E-state index is 11.9. The summed E-state index contributed by atoms with van der Waals surface area (Å²) < 4.78 is 0. The number of carbonyl (C=O) groups excluding carboxylic acids is 1. The molecule has 0 aliphatic heterocycles. The van der Waals surface area contributed by atoms with Crippen molar-refractivity contribution >= 4 is 5.78 Å². The molecule has 0 bridgehead atoms. The highest BCUT2D eigenvalue weighted by molar-refractivity contribution is 5.98. The Labute approximate surface area is 95.6 Å². The van der Waals surface area contributed by atoms with Gasteiger partial charge in [-0.05, 0) is 30.4 Å². The summed E-state index contributed by atoms with van der Waals surface area (Å²) in [5.74, 6) is 0.158. The van der Waals surface area contributed by atoms with Gasteiger partial charge in [0.05, 0.1) is 6.10 Å². The molecule has 2 nitrogen and oxygen atoms in total. The van der Waals surface area contributed by atoms with Gasteiger partial charge in [-0.2, -0.15) is 0 Å². The predicted molar refractivity (Wildman–Crippen MR) is 63.5 cm³/mol. The monoisotopic (exact) mass is 216 g/mol. The van der Waals surface area contributed by atoms with Crippen LogP contribution in [0.2, 0.25) is 0 Å². The zero-order valence-electron chi connectivity index (χ0n) is 9.28. The van der Waals surface area contributed by atoms with Crippen LogP contribution >= 0.6 is 0 Å². The summed E-state index contributed by atoms with van der Waals surface area (Å²) in [5, 5.41) is 9.74. The molecule has 0 saturated carbocycles. The lowest BCUT2D eigenvalue weighted by Gasteiger charge is -2.07. The number of allylic oxidation sites excluding steroid dienone is 1. The van der Waals surface area contributed by atoms with Crippen LogP contribution in [-0.2, 0) is 6.42 Å². The molecule has 2 heteroatoms. The molecule has 0 saturated heterocycles. The number of aliphatic hydroxyl groups is 1. The molecule has 0 fully saturated rings. The van der Waals surface area contributed by atoms with Crippen molar-refractivity contribution in [1.29, 1.82) is 0 Å². The molecule has 1 aliphatic rings. The van der Waals surface area contributed by atoms with Crippen molar-refractivity contribution in [2.45, 2.75) is 31.8 Å². The molecule has 1 aliphatic carbocycles. The van der Waals surface area contributed by atoms with Gasteiger partial charge in [0.2, 0.25) is 0 Å². The Morgan fingerprint density at radius 1 is 1.56 bits per heavy atom. The van der Waals surface area contributed by atoms with Crippen LogP contribution < -0.4 is 0 Å². The Kier molecular flexibility index (Phi) is 3.20. The highest BCUT2D eigenvalue weighted by Gasteiger charge is 2.24. The van der Waals surface area contributed by atoms with Gasteiger partial charge in [-0.3, -0.25) is 4.79 Å². The van der Waals surface area contributed by atoms with E-state index in [1.54, 1.807) is 6.08 Å². The lowest BCUT2D eigenvalue weighted by molar-refractivity contribution is 0.0983. The fourth-order valence-electron chi connectivity index (χ4n) is 2.26. The summed E-state index contributed by atoms with van der Waals surface area (Å²) >= 11 is 0. The summed E-state index contributed by atoms with van der Waals surface area (Å²) in [6.45, 7) is 3.62. The highest BCUT2D eigenvalue weighted by atomic mass is 16.3. The van der Waals surface area contributed by atoms with Crippen LogP contribution in [0.15, 0.2) is 30.9 Å². The van der Waals surface area contributed by atoms with Crippen LogP contribution in [0.1, 0.15) is 46.9 Å². The third kappa shape index (κ3) is 1.93. The number of benzene rings is 1. The van der Waals surface area contributed by atoms with E-state index in [4.69, 9.17) is 0 Å². The topological polar surface area (TPSA) is 37.3 Å². The second kappa shape index (κ2) is 4.62. The number of Topliss-reactive ketones (excluding diaryl/α,β-unsaturated/α-hetero) is 1. The van der Waals surface area contributed by atoms with E-state index in [-0.39, 0.29) is 11.9 Å². The summed E-state index contributed by atoms with van der Waals surface area (Å²) in [7, 11) is 0. The molecule has 0 radical (unpaired) electrons. The van der Waals surface area contributed by atoms with Crippen molar-refractivity contribution < 1.29 is 9.90 Å². The van der Waals surface area contributed by atoms with Gasteiger partial charge < -0.3 is 5.11 Å². The first-order chi connectivity index (χ1) is 7.74. The third-order valence-corrected chi connectivity index (χ3v) is 3.11. The number of aliphatic hydroxyl groups excluding tert-OH is 1. The number of hydrogen-bond acceptors (Lipinski definition) is 2. The molecule has 1 N–H and O–H groups in total. The molecule has 84 valence electrons. The van der Waals surface area contributed by atoms with Crippen LogP contribution in [0, 0.1) is 0 Å². The fraction of sp³-hybridized carbons (Fsp3) is 0.357. The van der Waals surface area contributed by atoms with Crippen molar-refractivity contribution in [3.8, 4) is 0 Å². The summed E-state index contributed by atoms with van der Waals surface area (Å²) in [4.78, 5) is 11.9. The van der Waals surface area contributed by atoms with Crippen LogP contribution in [0.25, 0.3) is 0 Å². The van der Waals surface area contributed by atoms with Crippen LogP contribution in [0.4, 0.5) is 0 Å². The first-order valence-electron chi connectivity index (χ1n) is 5.68. The molecule has 2 rings (SSSR count). The van der Waals surface area contributed by atoms with E-state index < -0.39 is 0 Å². The Bertz CT molecular complexity index is 421. The Hall–Kier alpha value is -1.41. The minimum absolute atomic E-state index is 0.158. The van der Waals surface area contributed by atoms with Crippen LogP contribution in [-0.4, -0.2) is 10.9 Å². The second-order valence-electron chi connectivity index (χ2n) is 4.18. The van der Waals surface area contributed by atoms with Gasteiger partial charge in [-0.25, -0.2) is 0 Å². The standard InChI is InChI=1S/C14H16O2/c1-2-3-7-13(15)11-5-4-6-12-10(11)8-9-14(12)16/h2,4-6,14,16H,1,3,7-9H2. The smallest absolute Gasteiger partial charge is 0.163 e. The van der Waals surface area contributed by atoms with E-state index in [2.05, 4.69) is 6.58 Å². The largest absolute Gasteiger partial charge is 0.388 e. The molecule has 1 aromatic rings. The van der Waals surface area contributed by atoms with E-state index in [0.29, 0.717) is 12.8 Å². The summed E-state index contributed by atoms with van der Waals surface area (Å²) in [5.41, 5.74) is 2.77. The molecule has 0 aromatic heterocycles. The summed E-state index contributed by atoms with van der Waals surface area (Å²) in [6, 6.07) is 5.63. The zero-order chi connectivity index (χ0) is 11.5. The molecule has 1 atom stereocenters. The maximum Gasteiger partial charge on any atom is 0.163 e. The van der Waals surface area contributed by atoms with E-state index >= 15 is 0 Å². The van der Waals surface area contributed by atoms with Gasteiger partial charge in [0, 0.05) is 12.0 Å². The number of carbonyl (C=O) groups is 1. The lowest BCUT2D eigenvalue weighted by Crippen LogP contribution is -2.03. The summed E-state index contributed by atoms with van der Waals surface area (Å²) in [6.07, 6.45) is 4.15. The Morgan fingerprint density at radius 2 is 2.38 bits per heavy atom. The van der Waals surface area contributed by atoms with Crippen LogP contribution in [0.3, 0.4) is 0 Å². The molecule has 0 amide bonds. The quantitative estimate of drug-likeness (QED) is 0.620. The van der Waals surface area contributed by atoms with E-state index in [0.717, 1.165) is 29.5 Å². The predicted octanol–water partition coefficient (Wildman–Crippen LogP) is 2.82. The molecule has 0 heterocycles. The Balaban J connectivity index is 2.29. The zero-order valence-corrected chi connectivity index (χ0v) is 9.28. The van der Waals surface area contributed by atoms with E-state index in [1.807, 2.05) is 18.2 Å². The molecular formula is C14H16O2. The van der Waals surface area contributed by atoms with E-state index in [9.17, 15) is 9.90 Å². The maximum absolute atomic E-state index is 11.9. The van der Waals surface area contributed by atoms with Crippen molar-refractivity contribution in [3.05, 3.63) is 47.5 Å². The first-order valence-corrected chi connectivity index (χ1v) is 5.68. The average molecular weight is 216 g/mol. The van der Waals surface area contributed by atoms with Gasteiger partial charge in [-0.1, -0.05) is 24.3 Å². The van der Waals surface area contributed by atoms with Crippen molar-refractivity contribution in [1.82, 2.24) is 0 Å².